The molecule has 144 valence electrons. The summed E-state index contributed by atoms with van der Waals surface area (Å²) < 4.78 is 47.2. The van der Waals surface area contributed by atoms with Crippen molar-refractivity contribution in [2.45, 2.75) is 20.0 Å². The lowest BCUT2D eigenvalue weighted by Crippen LogP contribution is -2.23. The fraction of sp³-hybridized carbons (Fsp3) is 0.250. The molecule has 0 saturated carbocycles. The van der Waals surface area contributed by atoms with E-state index in [1.807, 2.05) is 0 Å². The Kier molecular flexibility index (Phi) is 7.28. The lowest BCUT2D eigenvalue weighted by Gasteiger charge is -2.11. The summed E-state index contributed by atoms with van der Waals surface area (Å²) in [6.45, 7) is -0.884. The monoisotopic (exact) mass is 379 g/mol. The molecule has 0 aromatic heterocycles. The molecule has 0 saturated heterocycles. The Morgan fingerprint density at radius 2 is 1.85 bits per heavy atom. The molecule has 1 N–H and O–H groups in total. The van der Waals surface area contributed by atoms with E-state index in [1.54, 1.807) is 25.1 Å². The zero-order valence-electron chi connectivity index (χ0n) is 15.0. The second-order valence-corrected chi connectivity index (χ2v) is 5.74. The molecule has 27 heavy (non-hydrogen) atoms. The van der Waals surface area contributed by atoms with E-state index in [9.17, 15) is 18.0 Å². The average Bonchev–Trinajstić information content (AvgIpc) is 2.62. The second-order valence-electron chi connectivity index (χ2n) is 5.74. The zero-order valence-corrected chi connectivity index (χ0v) is 15.0. The molecule has 0 aliphatic carbocycles. The van der Waals surface area contributed by atoms with Crippen molar-refractivity contribution >= 4 is 11.5 Å². The van der Waals surface area contributed by atoms with Crippen LogP contribution in [0, 0.1) is 5.82 Å². The Hall–Kier alpha value is -2.96. The molecule has 4 nitrogen and oxygen atoms in total. The van der Waals surface area contributed by atoms with Crippen molar-refractivity contribution in [3.05, 3.63) is 65.5 Å². The van der Waals surface area contributed by atoms with Gasteiger partial charge in [0.2, 0.25) is 5.91 Å². The van der Waals surface area contributed by atoms with Gasteiger partial charge >= 0.3 is 6.61 Å². The minimum atomic E-state index is -2.95. The first-order chi connectivity index (χ1) is 12.9. The maximum absolute atomic E-state index is 12.9. The van der Waals surface area contributed by atoms with Gasteiger partial charge in [-0.1, -0.05) is 18.2 Å². The molecule has 0 unspecified atom stereocenters. The van der Waals surface area contributed by atoms with Gasteiger partial charge in [-0.2, -0.15) is 8.78 Å². The standard InChI is InChI=1S/C20H20F3NO3/c1-13(15-4-6-16(21)7-5-15)11-19(25)24-10-9-14-3-8-17(26-2)18(12-14)27-20(22)23/h3-8,11-12,20H,9-10H2,1-2H3,(H,24,25)/b13-11-. The van der Waals surface area contributed by atoms with Crippen molar-refractivity contribution in [3.8, 4) is 11.5 Å². The van der Waals surface area contributed by atoms with E-state index in [0.717, 1.165) is 5.56 Å². The van der Waals surface area contributed by atoms with Gasteiger partial charge in [-0.15, -0.1) is 0 Å². The molecule has 0 bridgehead atoms. The minimum Gasteiger partial charge on any atom is -0.493 e. The molecule has 0 aliphatic heterocycles. The largest absolute Gasteiger partial charge is 0.493 e. The first-order valence-electron chi connectivity index (χ1n) is 8.23. The number of ether oxygens (including phenoxy) is 2. The van der Waals surface area contributed by atoms with Gasteiger partial charge in [0, 0.05) is 12.6 Å². The quantitative estimate of drug-likeness (QED) is 0.700. The van der Waals surface area contributed by atoms with Crippen molar-refractivity contribution in [1.29, 1.82) is 0 Å². The predicted octanol–water partition coefficient (Wildman–Crippen LogP) is 4.20. The molecule has 2 aromatic rings. The van der Waals surface area contributed by atoms with Crippen molar-refractivity contribution in [3.63, 3.8) is 0 Å². The third-order valence-corrected chi connectivity index (χ3v) is 3.80. The average molecular weight is 379 g/mol. The normalized spacial score (nSPS) is 11.4. The summed E-state index contributed by atoms with van der Waals surface area (Å²) in [6.07, 6.45) is 1.85. The van der Waals surface area contributed by atoms with E-state index in [4.69, 9.17) is 4.74 Å². The maximum Gasteiger partial charge on any atom is 0.387 e. The summed E-state index contributed by atoms with van der Waals surface area (Å²) in [5.41, 5.74) is 2.16. The van der Waals surface area contributed by atoms with Crippen molar-refractivity contribution in [1.82, 2.24) is 5.32 Å². The highest BCUT2D eigenvalue weighted by atomic mass is 19.3. The molecule has 2 aromatic carbocycles. The number of halogens is 3. The number of carbonyl (C=O) groups excluding carboxylic acids is 1. The molecule has 2 rings (SSSR count). The highest BCUT2D eigenvalue weighted by Gasteiger charge is 2.11. The molecule has 0 radical (unpaired) electrons. The van der Waals surface area contributed by atoms with Crippen LogP contribution in [0.5, 0.6) is 11.5 Å². The van der Waals surface area contributed by atoms with Crippen LogP contribution in [-0.2, 0) is 11.2 Å². The minimum absolute atomic E-state index is 0.0524. The van der Waals surface area contributed by atoms with Gasteiger partial charge in [0.1, 0.15) is 5.82 Å². The third-order valence-electron chi connectivity index (χ3n) is 3.80. The molecule has 0 fully saturated rings. The van der Waals surface area contributed by atoms with Gasteiger partial charge in [-0.3, -0.25) is 4.79 Å². The van der Waals surface area contributed by atoms with Crippen LogP contribution >= 0.6 is 0 Å². The van der Waals surface area contributed by atoms with Crippen molar-refractivity contribution < 1.29 is 27.4 Å². The predicted molar refractivity (Wildman–Crippen MR) is 96.4 cm³/mol. The van der Waals surface area contributed by atoms with E-state index in [2.05, 4.69) is 10.1 Å². The smallest absolute Gasteiger partial charge is 0.387 e. The SMILES string of the molecule is COc1ccc(CCNC(=O)/C=C(/C)c2ccc(F)cc2)cc1OC(F)F. The van der Waals surface area contributed by atoms with Crippen LogP contribution in [0.2, 0.25) is 0 Å². The summed E-state index contributed by atoms with van der Waals surface area (Å²) in [5, 5.41) is 2.72. The van der Waals surface area contributed by atoms with E-state index in [0.29, 0.717) is 24.1 Å². The van der Waals surface area contributed by atoms with Gasteiger partial charge in [-0.05, 0) is 54.3 Å². The lowest BCUT2D eigenvalue weighted by molar-refractivity contribution is -0.116. The number of hydrogen-bond acceptors (Lipinski definition) is 3. The topological polar surface area (TPSA) is 47.6 Å². The molecular weight excluding hydrogens is 359 g/mol. The molecule has 0 heterocycles. The van der Waals surface area contributed by atoms with Crippen LogP contribution in [-0.4, -0.2) is 26.2 Å². The van der Waals surface area contributed by atoms with Gasteiger partial charge < -0.3 is 14.8 Å². The first kappa shape index (κ1) is 20.4. The fourth-order valence-corrected chi connectivity index (χ4v) is 2.44. The van der Waals surface area contributed by atoms with E-state index >= 15 is 0 Å². The van der Waals surface area contributed by atoms with Crippen LogP contribution in [0.4, 0.5) is 13.2 Å². The zero-order chi connectivity index (χ0) is 19.8. The van der Waals surface area contributed by atoms with Gasteiger partial charge in [0.25, 0.3) is 0 Å². The number of allylic oxidation sites excluding steroid dienone is 1. The van der Waals surface area contributed by atoms with Gasteiger partial charge in [0.05, 0.1) is 7.11 Å². The van der Waals surface area contributed by atoms with E-state index in [1.165, 1.54) is 37.5 Å². The summed E-state index contributed by atoms with van der Waals surface area (Å²) in [5.74, 6) is -0.482. The van der Waals surface area contributed by atoms with Gasteiger partial charge in [-0.25, -0.2) is 4.39 Å². The second kappa shape index (κ2) is 9.66. The summed E-state index contributed by atoms with van der Waals surface area (Å²) >= 11 is 0. The number of benzene rings is 2. The van der Waals surface area contributed by atoms with Crippen LogP contribution in [0.3, 0.4) is 0 Å². The van der Waals surface area contributed by atoms with Gasteiger partial charge in [0.15, 0.2) is 11.5 Å². The Morgan fingerprint density at radius 3 is 2.48 bits per heavy atom. The summed E-state index contributed by atoms with van der Waals surface area (Å²) in [7, 11) is 1.36. The molecule has 1 amide bonds. The summed E-state index contributed by atoms with van der Waals surface area (Å²) in [6, 6.07) is 10.5. The third kappa shape index (κ3) is 6.36. The van der Waals surface area contributed by atoms with Crippen molar-refractivity contribution in [2.24, 2.45) is 0 Å². The number of nitrogens with one attached hydrogen (secondary N) is 1. The van der Waals surface area contributed by atoms with E-state index in [-0.39, 0.29) is 23.2 Å². The van der Waals surface area contributed by atoms with Crippen LogP contribution in [0.1, 0.15) is 18.1 Å². The highest BCUT2D eigenvalue weighted by molar-refractivity contribution is 5.94. The number of carbonyl (C=O) groups is 1. The maximum atomic E-state index is 12.9. The number of alkyl halides is 2. The van der Waals surface area contributed by atoms with Crippen LogP contribution < -0.4 is 14.8 Å². The number of hydrogen-bond donors (Lipinski definition) is 1. The molecular formula is C20H20F3NO3. The number of rotatable bonds is 8. The number of methoxy groups -OCH3 is 1. The lowest BCUT2D eigenvalue weighted by atomic mass is 10.1. The van der Waals surface area contributed by atoms with Crippen LogP contribution in [0.15, 0.2) is 48.5 Å². The molecule has 7 heteroatoms. The highest BCUT2D eigenvalue weighted by Crippen LogP contribution is 2.29. The molecule has 0 aliphatic rings. The van der Waals surface area contributed by atoms with Crippen molar-refractivity contribution in [2.75, 3.05) is 13.7 Å². The Balaban J connectivity index is 1.92. The fourth-order valence-electron chi connectivity index (χ4n) is 2.44. The molecule has 0 spiro atoms. The Morgan fingerprint density at radius 1 is 1.15 bits per heavy atom. The summed E-state index contributed by atoms with van der Waals surface area (Å²) in [4.78, 5) is 12.0. The van der Waals surface area contributed by atoms with Crippen LogP contribution in [0.25, 0.3) is 5.57 Å². The Labute approximate surface area is 155 Å². The Bertz CT molecular complexity index is 805. The number of amides is 1. The van der Waals surface area contributed by atoms with E-state index < -0.39 is 6.61 Å². The molecule has 0 atom stereocenters. The first-order valence-corrected chi connectivity index (χ1v) is 8.23.